The molecule has 0 radical (unpaired) electrons. The molecule has 1 aliphatic rings. The van der Waals surface area contributed by atoms with E-state index in [1.807, 2.05) is 6.07 Å². The van der Waals surface area contributed by atoms with Crippen LogP contribution in [0.3, 0.4) is 0 Å². The average Bonchev–Trinajstić information content (AvgIpc) is 3.00. The first-order chi connectivity index (χ1) is 20.4. The lowest BCUT2D eigenvalue weighted by Crippen LogP contribution is -2.21. The van der Waals surface area contributed by atoms with Gasteiger partial charge in [-0.15, -0.1) is 0 Å². The van der Waals surface area contributed by atoms with Gasteiger partial charge in [-0.25, -0.2) is 4.39 Å². The SMILES string of the molecule is COc1ccc(CC(=O)Oc2ccc3c(c2)OC(N)=C(C#N)C3c2ccc(OCc3ccc(F)cc3)c(OC)c2)cc1. The molecule has 0 spiro atoms. The topological polar surface area (TPSA) is 113 Å². The summed E-state index contributed by atoms with van der Waals surface area (Å²) in [6.45, 7) is 0.215. The maximum absolute atomic E-state index is 13.2. The lowest BCUT2D eigenvalue weighted by molar-refractivity contribution is -0.133. The van der Waals surface area contributed by atoms with Crippen molar-refractivity contribution in [1.29, 1.82) is 5.26 Å². The number of ether oxygens (including phenoxy) is 5. The first-order valence-corrected chi connectivity index (χ1v) is 13.0. The quantitative estimate of drug-likeness (QED) is 0.200. The molecule has 212 valence electrons. The van der Waals surface area contributed by atoms with Gasteiger partial charge in [0, 0.05) is 11.6 Å². The molecule has 0 aliphatic carbocycles. The first-order valence-electron chi connectivity index (χ1n) is 13.0. The van der Waals surface area contributed by atoms with Crippen molar-refractivity contribution >= 4 is 5.97 Å². The molecule has 0 saturated heterocycles. The molecule has 0 aromatic heterocycles. The molecular weight excluding hydrogens is 539 g/mol. The molecule has 0 fully saturated rings. The Bertz CT molecular complexity index is 1680. The van der Waals surface area contributed by atoms with E-state index in [1.165, 1.54) is 19.2 Å². The van der Waals surface area contributed by atoms with Crippen molar-refractivity contribution in [3.63, 3.8) is 0 Å². The number of nitrogens with zero attached hydrogens (tertiary/aromatic N) is 1. The Labute approximate surface area is 242 Å². The van der Waals surface area contributed by atoms with Crippen LogP contribution in [-0.2, 0) is 17.8 Å². The van der Waals surface area contributed by atoms with E-state index in [9.17, 15) is 14.4 Å². The fourth-order valence-corrected chi connectivity index (χ4v) is 4.64. The zero-order valence-electron chi connectivity index (χ0n) is 22.9. The Hall–Kier alpha value is -5.49. The molecule has 0 saturated carbocycles. The Balaban J connectivity index is 1.37. The van der Waals surface area contributed by atoms with E-state index in [4.69, 9.17) is 29.4 Å². The lowest BCUT2D eigenvalue weighted by Gasteiger charge is -2.27. The summed E-state index contributed by atoms with van der Waals surface area (Å²) >= 11 is 0. The number of benzene rings is 4. The second-order valence-electron chi connectivity index (χ2n) is 9.45. The van der Waals surface area contributed by atoms with E-state index >= 15 is 0 Å². The number of hydrogen-bond acceptors (Lipinski definition) is 8. The minimum Gasteiger partial charge on any atom is -0.497 e. The van der Waals surface area contributed by atoms with E-state index in [-0.39, 0.29) is 36.1 Å². The highest BCUT2D eigenvalue weighted by Gasteiger charge is 2.32. The number of carbonyl (C=O) groups is 1. The maximum atomic E-state index is 13.2. The molecule has 2 N–H and O–H groups in total. The molecule has 5 rings (SSSR count). The van der Waals surface area contributed by atoms with Crippen LogP contribution in [0.25, 0.3) is 0 Å². The Kier molecular flexibility index (Phi) is 8.25. The third-order valence-electron chi connectivity index (χ3n) is 6.76. The van der Waals surface area contributed by atoms with Gasteiger partial charge in [0.25, 0.3) is 0 Å². The predicted octanol–water partition coefficient (Wildman–Crippen LogP) is 5.79. The Morgan fingerprint density at radius 3 is 2.31 bits per heavy atom. The number of halogens is 1. The molecule has 4 aromatic rings. The molecule has 1 aliphatic heterocycles. The molecular formula is C33H27FN2O6. The zero-order chi connectivity index (χ0) is 29.6. The molecule has 42 heavy (non-hydrogen) atoms. The predicted molar refractivity (Wildman–Crippen MR) is 152 cm³/mol. The van der Waals surface area contributed by atoms with Crippen LogP contribution in [0, 0.1) is 17.1 Å². The minimum absolute atomic E-state index is 0.0488. The highest BCUT2D eigenvalue weighted by molar-refractivity contribution is 5.75. The van der Waals surface area contributed by atoms with Crippen molar-refractivity contribution in [2.45, 2.75) is 18.9 Å². The number of carbonyl (C=O) groups excluding carboxylic acids is 1. The third kappa shape index (κ3) is 6.13. The van der Waals surface area contributed by atoms with Gasteiger partial charge in [-0.05, 0) is 59.2 Å². The number of fused-ring (bicyclic) bond motifs is 1. The van der Waals surface area contributed by atoms with Crippen molar-refractivity contribution in [1.82, 2.24) is 0 Å². The van der Waals surface area contributed by atoms with Crippen LogP contribution in [0.1, 0.15) is 28.2 Å². The van der Waals surface area contributed by atoms with Gasteiger partial charge in [0.15, 0.2) is 11.5 Å². The number of esters is 1. The maximum Gasteiger partial charge on any atom is 0.315 e. The fraction of sp³-hybridized carbons (Fsp3) is 0.152. The third-order valence-corrected chi connectivity index (χ3v) is 6.76. The van der Waals surface area contributed by atoms with Crippen LogP contribution >= 0.6 is 0 Å². The molecule has 9 heteroatoms. The molecule has 1 atom stereocenters. The largest absolute Gasteiger partial charge is 0.497 e. The Morgan fingerprint density at radius 2 is 1.62 bits per heavy atom. The summed E-state index contributed by atoms with van der Waals surface area (Å²) in [7, 11) is 3.09. The number of nitrogens with two attached hydrogens (primary N) is 1. The van der Waals surface area contributed by atoms with E-state index in [2.05, 4.69) is 6.07 Å². The van der Waals surface area contributed by atoms with Crippen molar-refractivity contribution in [2.24, 2.45) is 5.73 Å². The van der Waals surface area contributed by atoms with Crippen molar-refractivity contribution in [3.05, 3.63) is 124 Å². The monoisotopic (exact) mass is 566 g/mol. The smallest absolute Gasteiger partial charge is 0.315 e. The van der Waals surface area contributed by atoms with E-state index in [0.717, 1.165) is 11.1 Å². The van der Waals surface area contributed by atoms with Crippen LogP contribution in [0.5, 0.6) is 28.7 Å². The van der Waals surface area contributed by atoms with Crippen LogP contribution in [0.2, 0.25) is 0 Å². The highest BCUT2D eigenvalue weighted by Crippen LogP contribution is 2.45. The number of nitriles is 1. The minimum atomic E-state index is -0.567. The summed E-state index contributed by atoms with van der Waals surface area (Å²) in [5, 5.41) is 9.95. The summed E-state index contributed by atoms with van der Waals surface area (Å²) in [5.74, 6) is 0.876. The summed E-state index contributed by atoms with van der Waals surface area (Å²) in [4.78, 5) is 12.6. The normalized spacial score (nSPS) is 13.8. The number of hydrogen-bond donors (Lipinski definition) is 1. The van der Waals surface area contributed by atoms with Gasteiger partial charge in [-0.3, -0.25) is 4.79 Å². The average molecular weight is 567 g/mol. The standard InChI is InChI=1S/C33H27FN2O6/c1-38-24-10-5-20(6-11-24)15-31(37)41-25-12-13-26-29(17-25)42-33(36)27(18-35)32(26)22-7-14-28(30(16-22)39-2)40-19-21-3-8-23(34)9-4-21/h3-14,16-17,32H,15,19,36H2,1-2H3. The van der Waals surface area contributed by atoms with E-state index in [0.29, 0.717) is 34.1 Å². The van der Waals surface area contributed by atoms with E-state index < -0.39 is 11.9 Å². The Morgan fingerprint density at radius 1 is 0.905 bits per heavy atom. The van der Waals surface area contributed by atoms with Gasteiger partial charge in [0.05, 0.1) is 26.6 Å². The molecule has 0 amide bonds. The summed E-state index contributed by atoms with van der Waals surface area (Å²) < 4.78 is 41.2. The zero-order valence-corrected chi connectivity index (χ0v) is 22.9. The highest BCUT2D eigenvalue weighted by atomic mass is 19.1. The van der Waals surface area contributed by atoms with Gasteiger partial charge in [0.1, 0.15) is 41.3 Å². The number of allylic oxidation sites excluding steroid dienone is 1. The summed E-state index contributed by atoms with van der Waals surface area (Å²) in [6, 6.07) is 25.6. The molecule has 0 bridgehead atoms. The van der Waals surface area contributed by atoms with Crippen molar-refractivity contribution in [3.8, 4) is 34.8 Å². The van der Waals surface area contributed by atoms with Crippen LogP contribution < -0.4 is 29.4 Å². The van der Waals surface area contributed by atoms with Crippen molar-refractivity contribution < 1.29 is 32.9 Å². The summed E-state index contributed by atoms with van der Waals surface area (Å²) in [6.07, 6.45) is 0.0700. The number of rotatable bonds is 9. The molecule has 8 nitrogen and oxygen atoms in total. The van der Waals surface area contributed by atoms with Gasteiger partial charge < -0.3 is 29.4 Å². The van der Waals surface area contributed by atoms with Crippen LogP contribution in [-0.4, -0.2) is 20.2 Å². The van der Waals surface area contributed by atoms with Crippen LogP contribution in [0.15, 0.2) is 96.4 Å². The molecule has 1 unspecified atom stereocenters. The summed E-state index contributed by atoms with van der Waals surface area (Å²) in [5.41, 5.74) is 9.35. The second-order valence-corrected chi connectivity index (χ2v) is 9.45. The lowest BCUT2D eigenvalue weighted by atomic mass is 9.83. The number of methoxy groups -OCH3 is 2. The van der Waals surface area contributed by atoms with E-state index in [1.54, 1.807) is 73.8 Å². The van der Waals surface area contributed by atoms with Gasteiger partial charge in [-0.2, -0.15) is 5.26 Å². The molecule has 1 heterocycles. The second kappa shape index (κ2) is 12.4. The van der Waals surface area contributed by atoms with Gasteiger partial charge in [0.2, 0.25) is 5.88 Å². The van der Waals surface area contributed by atoms with Gasteiger partial charge in [-0.1, -0.05) is 36.4 Å². The van der Waals surface area contributed by atoms with Gasteiger partial charge >= 0.3 is 5.97 Å². The fourth-order valence-electron chi connectivity index (χ4n) is 4.64. The van der Waals surface area contributed by atoms with Crippen LogP contribution in [0.4, 0.5) is 4.39 Å². The first kappa shape index (κ1) is 28.1. The van der Waals surface area contributed by atoms with Crippen molar-refractivity contribution in [2.75, 3.05) is 14.2 Å². The molecule has 4 aromatic carbocycles.